The number of halogens is 2. The molecule has 2 amide bonds. The first kappa shape index (κ1) is 17.0. The van der Waals surface area contributed by atoms with E-state index >= 15 is 0 Å². The smallest absolute Gasteiger partial charge is 0.319 e. The number of aromatic nitrogens is 2. The molecule has 1 fully saturated rings. The SMILES string of the molecule is O=C(NCc1ccnc(N2CCOCC2)n1)Nc1ccc(F)cc1F. The Morgan fingerprint density at radius 1 is 1.24 bits per heavy atom. The Morgan fingerprint density at radius 3 is 2.80 bits per heavy atom. The number of hydrogen-bond donors (Lipinski definition) is 2. The van der Waals surface area contributed by atoms with Crippen molar-refractivity contribution in [1.29, 1.82) is 0 Å². The largest absolute Gasteiger partial charge is 0.378 e. The third-order valence-electron chi connectivity index (χ3n) is 3.60. The molecule has 1 aliphatic heterocycles. The molecule has 2 N–H and O–H groups in total. The van der Waals surface area contributed by atoms with Gasteiger partial charge in [0.15, 0.2) is 0 Å². The van der Waals surface area contributed by atoms with Crippen LogP contribution in [0.2, 0.25) is 0 Å². The van der Waals surface area contributed by atoms with E-state index in [2.05, 4.69) is 20.6 Å². The van der Waals surface area contributed by atoms with Crippen LogP contribution in [-0.4, -0.2) is 42.3 Å². The second kappa shape index (κ2) is 7.84. The van der Waals surface area contributed by atoms with E-state index < -0.39 is 17.7 Å². The number of amides is 2. The Hall–Kier alpha value is -2.81. The van der Waals surface area contributed by atoms with Gasteiger partial charge in [-0.2, -0.15) is 0 Å². The minimum atomic E-state index is -0.841. The highest BCUT2D eigenvalue weighted by Gasteiger charge is 2.14. The number of morpholine rings is 1. The molecule has 25 heavy (non-hydrogen) atoms. The van der Waals surface area contributed by atoms with Gasteiger partial charge in [-0.25, -0.2) is 23.5 Å². The van der Waals surface area contributed by atoms with Gasteiger partial charge in [0.2, 0.25) is 5.95 Å². The van der Waals surface area contributed by atoms with E-state index in [-0.39, 0.29) is 12.2 Å². The Bertz CT molecular complexity index is 753. The summed E-state index contributed by atoms with van der Waals surface area (Å²) in [7, 11) is 0. The van der Waals surface area contributed by atoms with Crippen LogP contribution in [0.15, 0.2) is 30.5 Å². The monoisotopic (exact) mass is 349 g/mol. The lowest BCUT2D eigenvalue weighted by Gasteiger charge is -2.26. The fourth-order valence-corrected chi connectivity index (χ4v) is 2.33. The summed E-state index contributed by atoms with van der Waals surface area (Å²) in [5.41, 5.74) is 0.516. The number of anilines is 2. The van der Waals surface area contributed by atoms with Crippen LogP contribution in [0.4, 0.5) is 25.2 Å². The number of benzene rings is 1. The Balaban J connectivity index is 1.56. The molecule has 0 aliphatic carbocycles. The highest BCUT2D eigenvalue weighted by Crippen LogP contribution is 2.14. The first-order valence-corrected chi connectivity index (χ1v) is 7.76. The van der Waals surface area contributed by atoms with Crippen LogP contribution < -0.4 is 15.5 Å². The van der Waals surface area contributed by atoms with E-state index in [1.807, 2.05) is 4.90 Å². The zero-order chi connectivity index (χ0) is 17.6. The molecule has 2 aromatic rings. The third-order valence-corrected chi connectivity index (χ3v) is 3.60. The number of carbonyl (C=O) groups is 1. The molecule has 0 unspecified atom stereocenters. The molecule has 0 bridgehead atoms. The lowest BCUT2D eigenvalue weighted by Crippen LogP contribution is -2.37. The summed E-state index contributed by atoms with van der Waals surface area (Å²) in [6.45, 7) is 2.81. The van der Waals surface area contributed by atoms with Crippen molar-refractivity contribution in [2.75, 3.05) is 36.5 Å². The molecular formula is C16H17F2N5O2. The quantitative estimate of drug-likeness (QED) is 0.882. The van der Waals surface area contributed by atoms with Gasteiger partial charge in [-0.15, -0.1) is 0 Å². The molecule has 9 heteroatoms. The number of carbonyl (C=O) groups excluding carboxylic acids is 1. The molecule has 7 nitrogen and oxygen atoms in total. The van der Waals surface area contributed by atoms with Crippen molar-refractivity contribution in [3.05, 3.63) is 47.8 Å². The zero-order valence-corrected chi connectivity index (χ0v) is 13.3. The fourth-order valence-electron chi connectivity index (χ4n) is 2.33. The summed E-state index contributed by atoms with van der Waals surface area (Å²) < 4.78 is 31.7. The van der Waals surface area contributed by atoms with Crippen molar-refractivity contribution < 1.29 is 18.3 Å². The van der Waals surface area contributed by atoms with E-state index in [1.54, 1.807) is 12.3 Å². The summed E-state index contributed by atoms with van der Waals surface area (Å²) in [6, 6.07) is 4.00. The van der Waals surface area contributed by atoms with E-state index in [9.17, 15) is 13.6 Å². The van der Waals surface area contributed by atoms with E-state index in [0.717, 1.165) is 12.1 Å². The number of nitrogens with zero attached hydrogens (tertiary/aromatic N) is 3. The maximum atomic E-state index is 13.5. The van der Waals surface area contributed by atoms with Crippen LogP contribution in [0.5, 0.6) is 0 Å². The number of nitrogens with one attached hydrogen (secondary N) is 2. The van der Waals surface area contributed by atoms with E-state index in [0.29, 0.717) is 44.0 Å². The van der Waals surface area contributed by atoms with Crippen LogP contribution in [0, 0.1) is 11.6 Å². The van der Waals surface area contributed by atoms with Gasteiger partial charge in [-0.05, 0) is 18.2 Å². The average Bonchev–Trinajstić information content (AvgIpc) is 2.63. The lowest BCUT2D eigenvalue weighted by atomic mass is 10.3. The van der Waals surface area contributed by atoms with Gasteiger partial charge in [-0.3, -0.25) is 0 Å². The van der Waals surface area contributed by atoms with Gasteiger partial charge < -0.3 is 20.3 Å². The van der Waals surface area contributed by atoms with Gasteiger partial charge >= 0.3 is 6.03 Å². The topological polar surface area (TPSA) is 79.4 Å². The number of hydrogen-bond acceptors (Lipinski definition) is 5. The summed E-state index contributed by atoms with van der Waals surface area (Å²) in [5, 5.41) is 4.90. The van der Waals surface area contributed by atoms with Gasteiger partial charge in [0.1, 0.15) is 11.6 Å². The van der Waals surface area contributed by atoms with E-state index in [4.69, 9.17) is 4.74 Å². The number of ether oxygens (including phenoxy) is 1. The average molecular weight is 349 g/mol. The molecule has 2 heterocycles. The summed E-state index contributed by atoms with van der Waals surface area (Å²) in [4.78, 5) is 22.5. The Labute approximate surface area is 143 Å². The zero-order valence-electron chi connectivity index (χ0n) is 13.3. The second-order valence-electron chi connectivity index (χ2n) is 5.38. The van der Waals surface area contributed by atoms with Crippen LogP contribution in [0.3, 0.4) is 0 Å². The molecule has 3 rings (SSSR count). The normalized spacial score (nSPS) is 14.2. The Morgan fingerprint density at radius 2 is 2.04 bits per heavy atom. The minimum absolute atomic E-state index is 0.101. The highest BCUT2D eigenvalue weighted by atomic mass is 19.1. The molecule has 132 valence electrons. The molecule has 1 aromatic heterocycles. The van der Waals surface area contributed by atoms with Crippen molar-refractivity contribution in [1.82, 2.24) is 15.3 Å². The molecule has 0 radical (unpaired) electrons. The molecule has 1 aromatic carbocycles. The first-order valence-electron chi connectivity index (χ1n) is 7.76. The van der Waals surface area contributed by atoms with Crippen LogP contribution in [0.25, 0.3) is 0 Å². The standard InChI is InChI=1S/C16H17F2N5O2/c17-11-1-2-14(13(18)9-11)22-16(24)20-10-12-3-4-19-15(21-12)23-5-7-25-8-6-23/h1-4,9H,5-8,10H2,(H2,20,22,24). The molecule has 1 saturated heterocycles. The van der Waals surface area contributed by atoms with Crippen molar-refractivity contribution in [3.63, 3.8) is 0 Å². The molecule has 0 atom stereocenters. The predicted molar refractivity (Wildman–Crippen MR) is 87.3 cm³/mol. The third kappa shape index (κ3) is 4.60. The number of rotatable bonds is 4. The minimum Gasteiger partial charge on any atom is -0.378 e. The summed E-state index contributed by atoms with van der Waals surface area (Å²) in [6.07, 6.45) is 1.62. The van der Waals surface area contributed by atoms with Gasteiger partial charge in [0.25, 0.3) is 0 Å². The second-order valence-corrected chi connectivity index (χ2v) is 5.38. The van der Waals surface area contributed by atoms with Gasteiger partial charge in [0, 0.05) is 25.4 Å². The van der Waals surface area contributed by atoms with Crippen LogP contribution in [-0.2, 0) is 11.3 Å². The lowest BCUT2D eigenvalue weighted by molar-refractivity contribution is 0.122. The highest BCUT2D eigenvalue weighted by molar-refractivity contribution is 5.89. The summed E-state index contributed by atoms with van der Waals surface area (Å²) in [5.74, 6) is -0.973. The predicted octanol–water partition coefficient (Wildman–Crippen LogP) is 1.91. The van der Waals surface area contributed by atoms with Crippen molar-refractivity contribution >= 4 is 17.7 Å². The molecular weight excluding hydrogens is 332 g/mol. The number of urea groups is 1. The van der Waals surface area contributed by atoms with Crippen molar-refractivity contribution in [2.24, 2.45) is 0 Å². The molecule has 0 spiro atoms. The molecule has 1 aliphatic rings. The fraction of sp³-hybridized carbons (Fsp3) is 0.312. The van der Waals surface area contributed by atoms with Crippen LogP contribution >= 0.6 is 0 Å². The van der Waals surface area contributed by atoms with Gasteiger partial charge in [0.05, 0.1) is 31.1 Å². The summed E-state index contributed by atoms with van der Waals surface area (Å²) >= 11 is 0. The van der Waals surface area contributed by atoms with Crippen molar-refractivity contribution in [2.45, 2.75) is 6.54 Å². The maximum absolute atomic E-state index is 13.5. The van der Waals surface area contributed by atoms with Gasteiger partial charge in [-0.1, -0.05) is 0 Å². The van der Waals surface area contributed by atoms with E-state index in [1.165, 1.54) is 0 Å². The Kier molecular flexibility index (Phi) is 5.34. The maximum Gasteiger partial charge on any atom is 0.319 e. The van der Waals surface area contributed by atoms with Crippen LogP contribution in [0.1, 0.15) is 5.69 Å². The molecule has 0 saturated carbocycles. The first-order chi connectivity index (χ1) is 12.1. The van der Waals surface area contributed by atoms with Crippen molar-refractivity contribution in [3.8, 4) is 0 Å².